The first-order valence-electron chi connectivity index (χ1n) is 6.70. The highest BCUT2D eigenvalue weighted by Gasteiger charge is 2.44. The number of nitrogens with one attached hydrogen (secondary N) is 1. The summed E-state index contributed by atoms with van der Waals surface area (Å²) in [7, 11) is -4.86. The number of aliphatic hydroxyl groups excluding tert-OH is 1. The maximum absolute atomic E-state index is 12.1. The molecule has 1 aromatic rings. The Hall–Kier alpha value is -2.16. The van der Waals surface area contributed by atoms with Gasteiger partial charge in [-0.05, 0) is 17.7 Å². The Balaban J connectivity index is 2.36. The van der Waals surface area contributed by atoms with Gasteiger partial charge in [0.1, 0.15) is 17.4 Å². The van der Waals surface area contributed by atoms with Gasteiger partial charge in [0.05, 0.1) is 0 Å². The SMILES string of the molecule is O=C1C=C(O)C=C(NP(=O)(O)O)C1C(O)(O)Cc1cccc(O)c1. The number of carbonyl (C=O) groups is 1. The third-order valence-corrected chi connectivity index (χ3v) is 3.85. The minimum atomic E-state index is -4.86. The number of benzene rings is 1. The monoisotopic (exact) mass is 357 g/mol. The van der Waals surface area contributed by atoms with Gasteiger partial charge >= 0.3 is 7.75 Å². The largest absolute Gasteiger partial charge is 0.508 e. The van der Waals surface area contributed by atoms with Gasteiger partial charge in [-0.3, -0.25) is 9.88 Å². The molecule has 24 heavy (non-hydrogen) atoms. The number of hydrogen-bond acceptors (Lipinski definition) is 6. The van der Waals surface area contributed by atoms with Gasteiger partial charge in [0.25, 0.3) is 0 Å². The molecule has 0 bridgehead atoms. The van der Waals surface area contributed by atoms with E-state index in [-0.39, 0.29) is 11.3 Å². The van der Waals surface area contributed by atoms with Gasteiger partial charge in [-0.1, -0.05) is 12.1 Å². The average Bonchev–Trinajstić information content (AvgIpc) is 2.34. The number of carbonyl (C=O) groups excluding carboxylic acids is 1. The second-order valence-electron chi connectivity index (χ2n) is 5.39. The summed E-state index contributed by atoms with van der Waals surface area (Å²) in [5.41, 5.74) is -0.249. The maximum Gasteiger partial charge on any atom is 0.427 e. The van der Waals surface area contributed by atoms with E-state index >= 15 is 0 Å². The molecule has 1 aromatic carbocycles. The van der Waals surface area contributed by atoms with Gasteiger partial charge in [-0.25, -0.2) is 4.57 Å². The molecular weight excluding hydrogens is 341 g/mol. The number of ketones is 1. The number of phenolic OH excluding ortho intramolecular Hbond substituents is 1. The Morgan fingerprint density at radius 2 is 1.83 bits per heavy atom. The Morgan fingerprint density at radius 3 is 2.42 bits per heavy atom. The van der Waals surface area contributed by atoms with Gasteiger partial charge in [0, 0.05) is 24.3 Å². The van der Waals surface area contributed by atoms with Crippen LogP contribution in [-0.4, -0.2) is 41.8 Å². The lowest BCUT2D eigenvalue weighted by Gasteiger charge is -2.33. The number of aliphatic hydroxyl groups is 3. The van der Waals surface area contributed by atoms with Crippen LogP contribution in [0, 0.1) is 5.92 Å². The van der Waals surface area contributed by atoms with Crippen LogP contribution >= 0.6 is 7.75 Å². The lowest BCUT2D eigenvalue weighted by molar-refractivity contribution is -0.191. The van der Waals surface area contributed by atoms with Crippen LogP contribution in [0.25, 0.3) is 0 Å². The second-order valence-corrected chi connectivity index (χ2v) is 6.70. The molecule has 1 aliphatic carbocycles. The fourth-order valence-corrected chi connectivity index (χ4v) is 3.01. The van der Waals surface area contributed by atoms with Crippen LogP contribution in [0.4, 0.5) is 0 Å². The third-order valence-electron chi connectivity index (χ3n) is 3.30. The van der Waals surface area contributed by atoms with E-state index in [1.807, 2.05) is 0 Å². The Bertz CT molecular complexity index is 764. The van der Waals surface area contributed by atoms with Crippen molar-refractivity contribution in [2.75, 3.05) is 0 Å². The molecular formula is C14H16NO8P. The van der Waals surface area contributed by atoms with E-state index in [9.17, 15) is 29.8 Å². The molecule has 0 aromatic heterocycles. The second kappa shape index (κ2) is 6.39. The van der Waals surface area contributed by atoms with E-state index in [1.165, 1.54) is 24.3 Å². The molecule has 1 aliphatic rings. The van der Waals surface area contributed by atoms with Crippen LogP contribution < -0.4 is 5.09 Å². The first-order chi connectivity index (χ1) is 11.0. The summed E-state index contributed by atoms with van der Waals surface area (Å²) in [6.45, 7) is 0. The van der Waals surface area contributed by atoms with Gasteiger partial charge in [-0.15, -0.1) is 0 Å². The molecule has 10 heteroatoms. The summed E-state index contributed by atoms with van der Waals surface area (Å²) in [6.07, 6.45) is 1.04. The lowest BCUT2D eigenvalue weighted by Crippen LogP contribution is -2.48. The molecule has 0 spiro atoms. The summed E-state index contributed by atoms with van der Waals surface area (Å²) in [4.78, 5) is 30.1. The van der Waals surface area contributed by atoms with Crippen LogP contribution in [0.1, 0.15) is 5.56 Å². The predicted molar refractivity (Wildman–Crippen MR) is 81.5 cm³/mol. The number of hydrogen-bond donors (Lipinski definition) is 7. The lowest BCUT2D eigenvalue weighted by atomic mass is 9.83. The summed E-state index contributed by atoms with van der Waals surface area (Å²) >= 11 is 0. The molecule has 0 heterocycles. The Labute approximate surface area is 136 Å². The molecule has 0 radical (unpaired) electrons. The number of rotatable bonds is 5. The van der Waals surface area contributed by atoms with Crippen molar-refractivity contribution < 1.29 is 39.6 Å². The summed E-state index contributed by atoms with van der Waals surface area (Å²) < 4.78 is 11.1. The Kier molecular flexibility index (Phi) is 4.84. The molecule has 0 saturated heterocycles. The molecule has 0 saturated carbocycles. The van der Waals surface area contributed by atoms with E-state index in [1.54, 1.807) is 5.09 Å². The fourth-order valence-electron chi connectivity index (χ4n) is 2.48. The van der Waals surface area contributed by atoms with Crippen molar-refractivity contribution in [3.8, 4) is 5.75 Å². The zero-order valence-electron chi connectivity index (χ0n) is 12.2. The van der Waals surface area contributed by atoms with Gasteiger partial charge in [0.2, 0.25) is 0 Å². The zero-order valence-corrected chi connectivity index (χ0v) is 13.1. The topological polar surface area (TPSA) is 168 Å². The molecule has 2 rings (SSSR count). The van der Waals surface area contributed by atoms with Crippen LogP contribution in [-0.2, 0) is 15.8 Å². The summed E-state index contributed by atoms with van der Waals surface area (Å²) in [5, 5.41) is 41.2. The first-order valence-corrected chi connectivity index (χ1v) is 8.32. The highest BCUT2D eigenvalue weighted by molar-refractivity contribution is 7.49. The molecule has 1 unspecified atom stereocenters. The summed E-state index contributed by atoms with van der Waals surface area (Å²) in [5.74, 6) is -6.14. The van der Waals surface area contributed by atoms with Gasteiger partial charge in [-0.2, -0.15) is 0 Å². The third kappa shape index (κ3) is 4.44. The molecule has 130 valence electrons. The normalized spacial score (nSPS) is 18.8. The van der Waals surface area contributed by atoms with Crippen LogP contribution in [0.3, 0.4) is 0 Å². The number of aromatic hydroxyl groups is 1. The highest BCUT2D eigenvalue weighted by atomic mass is 31.2. The zero-order chi connectivity index (χ0) is 18.1. The van der Waals surface area contributed by atoms with Crippen molar-refractivity contribution in [3.63, 3.8) is 0 Å². The molecule has 7 N–H and O–H groups in total. The van der Waals surface area contributed by atoms with Crippen molar-refractivity contribution in [1.29, 1.82) is 0 Å². The van der Waals surface area contributed by atoms with Crippen molar-refractivity contribution in [3.05, 3.63) is 53.4 Å². The van der Waals surface area contributed by atoms with E-state index < -0.39 is 43.1 Å². The van der Waals surface area contributed by atoms with Gasteiger partial charge < -0.3 is 30.2 Å². The minimum absolute atomic E-state index is 0.125. The van der Waals surface area contributed by atoms with E-state index in [2.05, 4.69) is 0 Å². The highest BCUT2D eigenvalue weighted by Crippen LogP contribution is 2.37. The van der Waals surface area contributed by atoms with Gasteiger partial charge in [0.15, 0.2) is 11.6 Å². The smallest absolute Gasteiger partial charge is 0.427 e. The predicted octanol–water partition coefficient (Wildman–Crippen LogP) is -0.177. The maximum atomic E-state index is 12.1. The van der Waals surface area contributed by atoms with Crippen molar-refractivity contribution in [2.45, 2.75) is 12.2 Å². The molecule has 0 fully saturated rings. The average molecular weight is 357 g/mol. The fraction of sp³-hybridized carbons (Fsp3) is 0.214. The molecule has 9 nitrogen and oxygen atoms in total. The van der Waals surface area contributed by atoms with Crippen molar-refractivity contribution >= 4 is 13.5 Å². The number of phenols is 1. The minimum Gasteiger partial charge on any atom is -0.508 e. The van der Waals surface area contributed by atoms with E-state index in [4.69, 9.17) is 9.79 Å². The Morgan fingerprint density at radius 1 is 1.17 bits per heavy atom. The standard InChI is InChI=1S/C14H16NO8P/c16-9-3-1-2-8(4-9)7-14(19,20)13-11(15-24(21,22)23)5-10(17)6-12(13)18/h1-6,13,16-17,19-20H,7H2,(H3,15,21,22,23). The molecule has 0 amide bonds. The molecule has 1 atom stereocenters. The first kappa shape index (κ1) is 18.2. The van der Waals surface area contributed by atoms with E-state index in [0.29, 0.717) is 0 Å². The summed E-state index contributed by atoms with van der Waals surface area (Å²) in [6, 6.07) is 5.55. The van der Waals surface area contributed by atoms with Crippen LogP contribution in [0.5, 0.6) is 5.75 Å². The van der Waals surface area contributed by atoms with Crippen molar-refractivity contribution in [2.24, 2.45) is 5.92 Å². The van der Waals surface area contributed by atoms with E-state index in [0.717, 1.165) is 12.2 Å². The molecule has 0 aliphatic heterocycles. The van der Waals surface area contributed by atoms with Crippen LogP contribution in [0.2, 0.25) is 0 Å². The van der Waals surface area contributed by atoms with Crippen molar-refractivity contribution in [1.82, 2.24) is 5.09 Å². The quantitative estimate of drug-likeness (QED) is 0.279. The van der Waals surface area contributed by atoms with Crippen LogP contribution in [0.15, 0.2) is 47.9 Å². The number of allylic oxidation sites excluding steroid dienone is 2.